The molecule has 0 N–H and O–H groups in total. The van der Waals surface area contributed by atoms with Crippen LogP contribution < -0.4 is 0 Å². The van der Waals surface area contributed by atoms with Gasteiger partial charge in [0.15, 0.2) is 5.17 Å². The van der Waals surface area contributed by atoms with Crippen LogP contribution in [0.3, 0.4) is 0 Å². The summed E-state index contributed by atoms with van der Waals surface area (Å²) in [4.78, 5) is 11.5. The van der Waals surface area contributed by atoms with E-state index in [9.17, 15) is 0 Å². The predicted octanol–water partition coefficient (Wildman–Crippen LogP) is 2.68. The van der Waals surface area contributed by atoms with Crippen LogP contribution in [-0.4, -0.2) is 23.9 Å². The zero-order valence-corrected chi connectivity index (χ0v) is 8.47. The molecule has 1 aromatic heterocycles. The number of aliphatic imine (C=N–C) groups is 2. The highest BCUT2D eigenvalue weighted by atomic mass is 35.5. The summed E-state index contributed by atoms with van der Waals surface area (Å²) in [6.45, 7) is 3.39. The number of pyridine rings is 1. The molecule has 5 heteroatoms. The van der Waals surface area contributed by atoms with Crippen molar-refractivity contribution < 1.29 is 0 Å². The van der Waals surface area contributed by atoms with Crippen LogP contribution in [-0.2, 0) is 0 Å². The van der Waals surface area contributed by atoms with Gasteiger partial charge in [0.25, 0.3) is 0 Å². The van der Waals surface area contributed by atoms with Crippen LogP contribution in [0.4, 0.5) is 5.69 Å². The lowest BCUT2D eigenvalue weighted by Crippen LogP contribution is -1.96. The summed E-state index contributed by atoms with van der Waals surface area (Å²) in [7, 11) is 1.57. The molecule has 0 saturated carbocycles. The summed E-state index contributed by atoms with van der Waals surface area (Å²) in [6.07, 6.45) is 0. The second-order valence-corrected chi connectivity index (χ2v) is 2.92. The van der Waals surface area contributed by atoms with E-state index in [1.165, 1.54) is 0 Å². The van der Waals surface area contributed by atoms with Gasteiger partial charge in [-0.3, -0.25) is 9.98 Å². The van der Waals surface area contributed by atoms with E-state index in [0.29, 0.717) is 16.5 Å². The lowest BCUT2D eigenvalue weighted by molar-refractivity contribution is 1.27. The Bertz CT molecular complexity index is 360. The summed E-state index contributed by atoms with van der Waals surface area (Å²) in [6, 6.07) is 3.31. The summed E-state index contributed by atoms with van der Waals surface area (Å²) >= 11 is 11.5. The minimum atomic E-state index is 0.268. The molecule has 0 fully saturated rings. The fourth-order valence-corrected chi connectivity index (χ4v) is 1.10. The van der Waals surface area contributed by atoms with E-state index in [1.807, 2.05) is 0 Å². The summed E-state index contributed by atoms with van der Waals surface area (Å²) in [5.41, 5.74) is 1.02. The Kier molecular flexibility index (Phi) is 3.39. The number of rotatable bonds is 2. The van der Waals surface area contributed by atoms with Crippen LogP contribution in [0.15, 0.2) is 22.1 Å². The molecule has 1 aromatic rings. The highest BCUT2D eigenvalue weighted by Crippen LogP contribution is 2.21. The maximum Gasteiger partial charge on any atom is 0.151 e. The Balaban J connectivity index is 3.31. The normalized spacial score (nSPS) is 11.5. The molecule has 0 saturated heterocycles. The first-order chi connectivity index (χ1) is 6.19. The van der Waals surface area contributed by atoms with E-state index in [2.05, 4.69) is 21.7 Å². The fourth-order valence-electron chi connectivity index (χ4n) is 0.813. The van der Waals surface area contributed by atoms with E-state index in [-0.39, 0.29) is 5.17 Å². The van der Waals surface area contributed by atoms with Gasteiger partial charge >= 0.3 is 0 Å². The highest BCUT2D eigenvalue weighted by molar-refractivity contribution is 6.69. The molecule has 1 heterocycles. The van der Waals surface area contributed by atoms with Crippen molar-refractivity contribution in [1.82, 2.24) is 4.98 Å². The second kappa shape index (κ2) is 4.35. The first-order valence-corrected chi connectivity index (χ1v) is 4.20. The molecule has 0 atom stereocenters. The maximum absolute atomic E-state index is 5.79. The molecule has 0 aromatic carbocycles. The molecule has 0 unspecified atom stereocenters. The van der Waals surface area contributed by atoms with Crippen LogP contribution in [0.1, 0.15) is 5.69 Å². The molecule has 0 bridgehead atoms. The van der Waals surface area contributed by atoms with Gasteiger partial charge in [-0.05, 0) is 18.9 Å². The number of nitrogens with zero attached hydrogens (tertiary/aromatic N) is 3. The Morgan fingerprint density at radius 2 is 2.23 bits per heavy atom. The van der Waals surface area contributed by atoms with E-state index >= 15 is 0 Å². The minimum absolute atomic E-state index is 0.268. The van der Waals surface area contributed by atoms with Gasteiger partial charge in [0.2, 0.25) is 0 Å². The van der Waals surface area contributed by atoms with E-state index < -0.39 is 0 Å². The summed E-state index contributed by atoms with van der Waals surface area (Å²) in [5.74, 6) is 0. The van der Waals surface area contributed by atoms with Gasteiger partial charge in [0.05, 0.1) is 5.69 Å². The molecule has 0 aliphatic rings. The predicted molar refractivity (Wildman–Crippen MR) is 56.8 cm³/mol. The summed E-state index contributed by atoms with van der Waals surface area (Å²) in [5, 5.41) is 0.620. The Morgan fingerprint density at radius 3 is 2.77 bits per heavy atom. The SMILES string of the molecule is C=Nc1ccc(Cl)nc1C(Cl)=NC. The Labute approximate surface area is 86.1 Å². The zero-order chi connectivity index (χ0) is 9.84. The van der Waals surface area contributed by atoms with Crippen LogP contribution in [0, 0.1) is 0 Å². The van der Waals surface area contributed by atoms with Gasteiger partial charge in [-0.15, -0.1) is 0 Å². The quantitative estimate of drug-likeness (QED) is 0.553. The smallest absolute Gasteiger partial charge is 0.151 e. The molecule has 0 radical (unpaired) electrons. The Morgan fingerprint density at radius 1 is 1.54 bits per heavy atom. The van der Waals surface area contributed by atoms with Crippen molar-refractivity contribution in [3.8, 4) is 0 Å². The van der Waals surface area contributed by atoms with Crippen molar-refractivity contribution in [2.45, 2.75) is 0 Å². The molecule has 68 valence electrons. The fraction of sp³-hybridized carbons (Fsp3) is 0.125. The van der Waals surface area contributed by atoms with Crippen molar-refractivity contribution in [2.75, 3.05) is 7.05 Å². The van der Waals surface area contributed by atoms with E-state index in [4.69, 9.17) is 23.2 Å². The third-order valence-electron chi connectivity index (χ3n) is 1.40. The van der Waals surface area contributed by atoms with Gasteiger partial charge in [-0.1, -0.05) is 23.2 Å². The molecule has 0 aliphatic carbocycles. The Hall–Kier alpha value is -0.930. The first-order valence-electron chi connectivity index (χ1n) is 3.45. The van der Waals surface area contributed by atoms with Gasteiger partial charge in [0, 0.05) is 7.05 Å². The van der Waals surface area contributed by atoms with E-state index in [0.717, 1.165) is 0 Å². The number of halogens is 2. The van der Waals surface area contributed by atoms with Gasteiger partial charge in [-0.25, -0.2) is 4.98 Å². The lowest BCUT2D eigenvalue weighted by atomic mass is 10.3. The van der Waals surface area contributed by atoms with E-state index in [1.54, 1.807) is 19.2 Å². The minimum Gasteiger partial charge on any atom is -0.275 e. The maximum atomic E-state index is 5.79. The second-order valence-electron chi connectivity index (χ2n) is 2.17. The van der Waals surface area contributed by atoms with Crippen molar-refractivity contribution >= 4 is 40.8 Å². The van der Waals surface area contributed by atoms with Gasteiger partial charge in [0.1, 0.15) is 10.8 Å². The van der Waals surface area contributed by atoms with Crippen molar-refractivity contribution in [1.29, 1.82) is 0 Å². The molecule has 0 amide bonds. The molecular weight excluding hydrogens is 209 g/mol. The molecular formula is C8H7Cl2N3. The van der Waals surface area contributed by atoms with Crippen LogP contribution >= 0.6 is 23.2 Å². The van der Waals surface area contributed by atoms with Crippen LogP contribution in [0.25, 0.3) is 0 Å². The number of hydrogen-bond donors (Lipinski definition) is 0. The van der Waals surface area contributed by atoms with Gasteiger partial charge < -0.3 is 0 Å². The van der Waals surface area contributed by atoms with Crippen molar-refractivity contribution in [2.24, 2.45) is 9.98 Å². The average Bonchev–Trinajstić information content (AvgIpc) is 2.16. The standard InChI is InChI=1S/C8H7Cl2N3/c1-11-5-3-4-6(9)13-7(5)8(10)12-2/h3-4H,1H2,2H3. The number of hydrogen-bond acceptors (Lipinski definition) is 3. The molecule has 0 spiro atoms. The third kappa shape index (κ3) is 2.26. The largest absolute Gasteiger partial charge is 0.275 e. The third-order valence-corrected chi connectivity index (χ3v) is 1.96. The molecule has 1 rings (SSSR count). The average molecular weight is 216 g/mol. The zero-order valence-electron chi connectivity index (χ0n) is 6.96. The van der Waals surface area contributed by atoms with Gasteiger partial charge in [-0.2, -0.15) is 0 Å². The first kappa shape index (κ1) is 10.2. The number of aromatic nitrogens is 1. The topological polar surface area (TPSA) is 37.6 Å². The molecule has 0 aliphatic heterocycles. The summed E-state index contributed by atoms with van der Waals surface area (Å²) < 4.78 is 0. The van der Waals surface area contributed by atoms with Crippen LogP contribution in [0.5, 0.6) is 0 Å². The van der Waals surface area contributed by atoms with Crippen LogP contribution in [0.2, 0.25) is 5.15 Å². The highest BCUT2D eigenvalue weighted by Gasteiger charge is 2.07. The lowest BCUT2D eigenvalue weighted by Gasteiger charge is -2.01. The molecule has 3 nitrogen and oxygen atoms in total. The monoisotopic (exact) mass is 215 g/mol. The van der Waals surface area contributed by atoms with Crippen molar-refractivity contribution in [3.05, 3.63) is 23.0 Å². The molecule has 13 heavy (non-hydrogen) atoms. The van der Waals surface area contributed by atoms with Crippen molar-refractivity contribution in [3.63, 3.8) is 0 Å².